The van der Waals surface area contributed by atoms with Gasteiger partial charge < -0.3 is 4.74 Å². The zero-order valence-corrected chi connectivity index (χ0v) is 11.6. The van der Waals surface area contributed by atoms with Crippen LogP contribution in [0.15, 0.2) is 48.5 Å². The van der Waals surface area contributed by atoms with Crippen LogP contribution in [-0.2, 0) is 12.8 Å². The maximum Gasteiger partial charge on any atom is 0.123 e. The second-order valence-corrected chi connectivity index (χ2v) is 5.97. The van der Waals surface area contributed by atoms with Gasteiger partial charge in [0.25, 0.3) is 0 Å². The lowest BCUT2D eigenvalue weighted by molar-refractivity contribution is 0.0846. The second kappa shape index (κ2) is 4.73. The Bertz CT molecular complexity index is 569. The molecule has 0 spiro atoms. The average molecular weight is 252 g/mol. The highest BCUT2D eigenvalue weighted by Crippen LogP contribution is 2.33. The first kappa shape index (κ1) is 12.3. The first-order valence-corrected chi connectivity index (χ1v) is 6.97. The number of ether oxygens (including phenoxy) is 1. The van der Waals surface area contributed by atoms with E-state index in [0.717, 1.165) is 25.0 Å². The second-order valence-electron chi connectivity index (χ2n) is 5.97. The molecule has 0 amide bonds. The van der Waals surface area contributed by atoms with E-state index in [2.05, 4.69) is 62.4 Å². The molecular formula is C18H20O. The van der Waals surface area contributed by atoms with E-state index in [1.54, 1.807) is 0 Å². The maximum absolute atomic E-state index is 6.02. The minimum atomic E-state index is -0.0199. The summed E-state index contributed by atoms with van der Waals surface area (Å²) in [5.41, 5.74) is 4.06. The Balaban J connectivity index is 1.83. The molecule has 1 aliphatic heterocycles. The summed E-state index contributed by atoms with van der Waals surface area (Å²) in [5.74, 6) is 1.06. The van der Waals surface area contributed by atoms with Gasteiger partial charge in [0.05, 0.1) is 0 Å². The first-order chi connectivity index (χ1) is 9.12. The van der Waals surface area contributed by atoms with Gasteiger partial charge in [0.15, 0.2) is 0 Å². The minimum Gasteiger partial charge on any atom is -0.488 e. The van der Waals surface area contributed by atoms with Crippen LogP contribution < -0.4 is 4.74 Å². The molecule has 0 aromatic heterocycles. The predicted octanol–water partition coefficient (Wildman–Crippen LogP) is 4.38. The van der Waals surface area contributed by atoms with Crippen LogP contribution >= 0.6 is 0 Å². The monoisotopic (exact) mass is 252 g/mol. The zero-order chi connectivity index (χ0) is 13.3. The van der Waals surface area contributed by atoms with Gasteiger partial charge in [0.2, 0.25) is 0 Å². The molecule has 0 fully saturated rings. The van der Waals surface area contributed by atoms with Crippen LogP contribution in [0.25, 0.3) is 0 Å². The van der Waals surface area contributed by atoms with E-state index < -0.39 is 0 Å². The molecule has 0 radical (unpaired) electrons. The summed E-state index contributed by atoms with van der Waals surface area (Å²) in [7, 11) is 0. The summed E-state index contributed by atoms with van der Waals surface area (Å²) < 4.78 is 6.02. The zero-order valence-electron chi connectivity index (χ0n) is 11.6. The standard InChI is InChI=1S/C18H20O/c1-18(2)11-10-16-13-15(8-9-17(16)19-18)12-14-6-4-3-5-7-14/h3-9,13H,10-12H2,1-2H3. The van der Waals surface area contributed by atoms with Crippen molar-refractivity contribution in [1.82, 2.24) is 0 Å². The van der Waals surface area contributed by atoms with Gasteiger partial charge in [0.1, 0.15) is 11.4 Å². The highest BCUT2D eigenvalue weighted by Gasteiger charge is 2.26. The van der Waals surface area contributed by atoms with Gasteiger partial charge in [-0.2, -0.15) is 0 Å². The first-order valence-electron chi connectivity index (χ1n) is 6.97. The van der Waals surface area contributed by atoms with Crippen LogP contribution in [0.5, 0.6) is 5.75 Å². The van der Waals surface area contributed by atoms with Crippen molar-refractivity contribution in [2.24, 2.45) is 0 Å². The molecule has 1 nitrogen and oxygen atoms in total. The molecule has 0 bridgehead atoms. The van der Waals surface area contributed by atoms with E-state index in [0.29, 0.717) is 0 Å². The predicted molar refractivity (Wildman–Crippen MR) is 78.7 cm³/mol. The molecule has 0 saturated heterocycles. The van der Waals surface area contributed by atoms with Crippen molar-refractivity contribution in [3.63, 3.8) is 0 Å². The fourth-order valence-corrected chi connectivity index (χ4v) is 2.65. The lowest BCUT2D eigenvalue weighted by Gasteiger charge is -2.32. The highest BCUT2D eigenvalue weighted by molar-refractivity contribution is 5.41. The normalized spacial score (nSPS) is 16.5. The van der Waals surface area contributed by atoms with Crippen molar-refractivity contribution in [2.45, 2.75) is 38.7 Å². The molecule has 2 aromatic carbocycles. The molecule has 0 atom stereocenters. The summed E-state index contributed by atoms with van der Waals surface area (Å²) in [6.07, 6.45) is 3.21. The number of rotatable bonds is 2. The summed E-state index contributed by atoms with van der Waals surface area (Å²) in [6, 6.07) is 17.2. The Morgan fingerprint density at radius 3 is 2.58 bits per heavy atom. The van der Waals surface area contributed by atoms with Crippen LogP contribution in [0, 0.1) is 0 Å². The summed E-state index contributed by atoms with van der Waals surface area (Å²) >= 11 is 0. The Morgan fingerprint density at radius 1 is 1.00 bits per heavy atom. The molecule has 0 saturated carbocycles. The van der Waals surface area contributed by atoms with Crippen molar-refractivity contribution in [3.05, 3.63) is 65.2 Å². The van der Waals surface area contributed by atoms with Crippen LogP contribution in [0.1, 0.15) is 37.0 Å². The summed E-state index contributed by atoms with van der Waals surface area (Å²) in [4.78, 5) is 0. The third kappa shape index (κ3) is 2.81. The van der Waals surface area contributed by atoms with Crippen LogP contribution in [-0.4, -0.2) is 5.60 Å². The van der Waals surface area contributed by atoms with Gasteiger partial charge >= 0.3 is 0 Å². The molecule has 1 aliphatic rings. The maximum atomic E-state index is 6.02. The number of hydrogen-bond donors (Lipinski definition) is 0. The van der Waals surface area contributed by atoms with Crippen LogP contribution in [0.3, 0.4) is 0 Å². The number of benzene rings is 2. The minimum absolute atomic E-state index is 0.0199. The van der Waals surface area contributed by atoms with Gasteiger partial charge in [0, 0.05) is 0 Å². The lowest BCUT2D eigenvalue weighted by Crippen LogP contribution is -2.32. The van der Waals surface area contributed by atoms with Gasteiger partial charge in [-0.05, 0) is 55.9 Å². The van der Waals surface area contributed by atoms with Crippen molar-refractivity contribution in [2.75, 3.05) is 0 Å². The SMILES string of the molecule is CC1(C)CCc2cc(Cc3ccccc3)ccc2O1. The molecule has 1 heteroatoms. The smallest absolute Gasteiger partial charge is 0.123 e. The molecule has 3 rings (SSSR count). The Hall–Kier alpha value is -1.76. The molecule has 1 heterocycles. The quantitative estimate of drug-likeness (QED) is 0.770. The van der Waals surface area contributed by atoms with Crippen molar-refractivity contribution in [3.8, 4) is 5.75 Å². The molecule has 2 aromatic rings. The fraction of sp³-hybridized carbons (Fsp3) is 0.333. The van der Waals surface area contributed by atoms with E-state index in [4.69, 9.17) is 4.74 Å². The third-order valence-corrected chi connectivity index (χ3v) is 3.76. The highest BCUT2D eigenvalue weighted by atomic mass is 16.5. The van der Waals surface area contributed by atoms with Gasteiger partial charge in [-0.1, -0.05) is 42.5 Å². The lowest BCUT2D eigenvalue weighted by atomic mass is 9.92. The topological polar surface area (TPSA) is 9.23 Å². The van der Waals surface area contributed by atoms with Crippen molar-refractivity contribution >= 4 is 0 Å². The summed E-state index contributed by atoms with van der Waals surface area (Å²) in [6.45, 7) is 4.32. The molecule has 19 heavy (non-hydrogen) atoms. The van der Waals surface area contributed by atoms with E-state index in [9.17, 15) is 0 Å². The van der Waals surface area contributed by atoms with E-state index in [1.807, 2.05) is 0 Å². The Labute approximate surface area is 115 Å². The largest absolute Gasteiger partial charge is 0.488 e. The van der Waals surface area contributed by atoms with Gasteiger partial charge in [-0.15, -0.1) is 0 Å². The average Bonchev–Trinajstić information content (AvgIpc) is 2.39. The number of fused-ring (bicyclic) bond motifs is 1. The third-order valence-electron chi connectivity index (χ3n) is 3.76. The Morgan fingerprint density at radius 2 is 1.79 bits per heavy atom. The molecule has 0 aliphatic carbocycles. The Kier molecular flexibility index (Phi) is 3.06. The molecule has 0 N–H and O–H groups in total. The fourth-order valence-electron chi connectivity index (χ4n) is 2.65. The van der Waals surface area contributed by atoms with E-state index in [-0.39, 0.29) is 5.60 Å². The van der Waals surface area contributed by atoms with E-state index in [1.165, 1.54) is 16.7 Å². The van der Waals surface area contributed by atoms with Crippen molar-refractivity contribution in [1.29, 1.82) is 0 Å². The van der Waals surface area contributed by atoms with Crippen molar-refractivity contribution < 1.29 is 4.74 Å². The summed E-state index contributed by atoms with van der Waals surface area (Å²) in [5, 5.41) is 0. The van der Waals surface area contributed by atoms with Crippen LogP contribution in [0.4, 0.5) is 0 Å². The van der Waals surface area contributed by atoms with Crippen LogP contribution in [0.2, 0.25) is 0 Å². The molecular weight excluding hydrogens is 232 g/mol. The van der Waals surface area contributed by atoms with E-state index >= 15 is 0 Å². The van der Waals surface area contributed by atoms with Gasteiger partial charge in [-0.25, -0.2) is 0 Å². The number of hydrogen-bond acceptors (Lipinski definition) is 1. The number of aryl methyl sites for hydroxylation is 1. The van der Waals surface area contributed by atoms with Gasteiger partial charge in [-0.3, -0.25) is 0 Å². The molecule has 98 valence electrons. The molecule has 0 unspecified atom stereocenters.